The molecule has 9 heteroatoms. The molecule has 0 radical (unpaired) electrons. The number of hydrogen-bond donors (Lipinski definition) is 1. The number of anilines is 2. The summed E-state index contributed by atoms with van der Waals surface area (Å²) in [4.78, 5) is 27.6. The number of likely N-dealkylation sites (tertiary alicyclic amines) is 1. The van der Waals surface area contributed by atoms with E-state index in [4.69, 9.17) is 10.8 Å². The number of primary amides is 1. The van der Waals surface area contributed by atoms with E-state index in [2.05, 4.69) is 49.4 Å². The summed E-state index contributed by atoms with van der Waals surface area (Å²) in [5.41, 5.74) is 7.99. The summed E-state index contributed by atoms with van der Waals surface area (Å²) in [7, 11) is 2.12. The average molecular weight is 477 g/mol. The van der Waals surface area contributed by atoms with E-state index in [0.29, 0.717) is 17.5 Å². The molecule has 0 aliphatic carbocycles. The number of pyridine rings is 2. The average Bonchev–Trinajstić information content (AvgIpc) is 3.33. The van der Waals surface area contributed by atoms with Gasteiger partial charge in [-0.3, -0.25) is 4.79 Å². The number of rotatable bonds is 7. The normalized spacial score (nSPS) is 18.3. The third kappa shape index (κ3) is 4.96. The number of fused-ring (bicyclic) bond motifs is 1. The highest BCUT2D eigenvalue weighted by Crippen LogP contribution is 2.31. The number of carbonyl (C=O) groups is 1. The molecule has 2 N–H and O–H groups in total. The molecule has 2 saturated heterocycles. The van der Waals surface area contributed by atoms with E-state index >= 15 is 0 Å². The Morgan fingerprint density at radius 2 is 1.83 bits per heavy atom. The molecule has 2 aliphatic rings. The Labute approximate surface area is 206 Å². The van der Waals surface area contributed by atoms with Gasteiger partial charge in [-0.1, -0.05) is 0 Å². The van der Waals surface area contributed by atoms with Crippen LogP contribution < -0.4 is 15.5 Å². The Bertz CT molecular complexity index is 1140. The van der Waals surface area contributed by atoms with Crippen molar-refractivity contribution < 1.29 is 4.79 Å². The van der Waals surface area contributed by atoms with Gasteiger partial charge in [0.15, 0.2) is 5.65 Å². The van der Waals surface area contributed by atoms with E-state index in [1.165, 1.54) is 18.5 Å². The van der Waals surface area contributed by atoms with E-state index in [9.17, 15) is 4.79 Å². The van der Waals surface area contributed by atoms with Gasteiger partial charge in [0.25, 0.3) is 0 Å². The van der Waals surface area contributed by atoms with Gasteiger partial charge in [0, 0.05) is 58.7 Å². The molecule has 5 rings (SSSR count). The zero-order chi connectivity index (χ0) is 24.4. The van der Waals surface area contributed by atoms with Gasteiger partial charge in [0.2, 0.25) is 5.91 Å². The Balaban J connectivity index is 1.13. The van der Waals surface area contributed by atoms with Crippen LogP contribution in [0.2, 0.25) is 0 Å². The molecule has 0 unspecified atom stereocenters. The van der Waals surface area contributed by atoms with Crippen molar-refractivity contribution in [3.05, 3.63) is 42.4 Å². The van der Waals surface area contributed by atoms with Crippen LogP contribution in [0.4, 0.5) is 11.5 Å². The van der Waals surface area contributed by atoms with Gasteiger partial charge in [-0.05, 0) is 56.7 Å². The number of hydrogen-bond acceptors (Lipinski definition) is 7. The largest absolute Gasteiger partial charge is 0.374 e. The third-order valence-corrected chi connectivity index (χ3v) is 7.75. The zero-order valence-electron chi connectivity index (χ0n) is 20.8. The summed E-state index contributed by atoms with van der Waals surface area (Å²) < 4.78 is 2.16. The summed E-state index contributed by atoms with van der Waals surface area (Å²) in [6.07, 6.45) is 10.0. The van der Waals surface area contributed by atoms with E-state index in [-0.39, 0.29) is 0 Å². The summed E-state index contributed by atoms with van der Waals surface area (Å²) >= 11 is 0. The molecule has 186 valence electrons. The highest BCUT2D eigenvalue weighted by atomic mass is 16.1. The van der Waals surface area contributed by atoms with Gasteiger partial charge in [-0.2, -0.15) is 5.10 Å². The molecule has 0 saturated carbocycles. The third-order valence-electron chi connectivity index (χ3n) is 7.75. The van der Waals surface area contributed by atoms with Gasteiger partial charge in [0.05, 0.1) is 28.9 Å². The maximum absolute atomic E-state index is 11.3. The van der Waals surface area contributed by atoms with Crippen LogP contribution in [0, 0.1) is 5.92 Å². The first kappa shape index (κ1) is 23.5. The van der Waals surface area contributed by atoms with Crippen molar-refractivity contribution in [3.63, 3.8) is 0 Å². The number of carbonyl (C=O) groups excluding carboxylic acids is 1. The Kier molecular flexibility index (Phi) is 6.86. The molecule has 1 amide bonds. The number of aromatic nitrogens is 4. The Morgan fingerprint density at radius 3 is 2.49 bits per heavy atom. The molecule has 3 aromatic heterocycles. The minimum Gasteiger partial charge on any atom is -0.374 e. The number of nitrogens with zero attached hydrogens (tertiary/aromatic N) is 7. The fourth-order valence-electron chi connectivity index (χ4n) is 5.48. The first-order valence-corrected chi connectivity index (χ1v) is 12.8. The van der Waals surface area contributed by atoms with Crippen LogP contribution in [0.5, 0.6) is 0 Å². The topological polar surface area (TPSA) is 96.4 Å². The summed E-state index contributed by atoms with van der Waals surface area (Å²) in [6.45, 7) is 8.51. The summed E-state index contributed by atoms with van der Waals surface area (Å²) in [5, 5.41) is 5.90. The number of amides is 1. The van der Waals surface area contributed by atoms with Crippen molar-refractivity contribution in [3.8, 4) is 0 Å². The van der Waals surface area contributed by atoms with E-state index in [1.54, 1.807) is 12.3 Å². The fraction of sp³-hybridized carbons (Fsp3) is 0.538. The standard InChI is InChI=1S/C26H36N8O/c1-3-31(2)23-6-11-28-26-22(23)17-30-34(26)21-9-12-32(13-10-21)18-19-7-14-33(15-8-19)24-5-4-20(16-29-24)25(27)35/h4-6,11,16-17,19,21H,3,7-10,12-15,18H2,1-2H3,(H2,27,35). The maximum atomic E-state index is 11.3. The fourth-order valence-corrected chi connectivity index (χ4v) is 5.48. The van der Waals surface area contributed by atoms with Crippen molar-refractivity contribution in [2.75, 3.05) is 56.1 Å². The zero-order valence-corrected chi connectivity index (χ0v) is 20.8. The molecule has 0 bridgehead atoms. The minimum absolute atomic E-state index is 0.412. The van der Waals surface area contributed by atoms with Gasteiger partial charge >= 0.3 is 0 Å². The van der Waals surface area contributed by atoms with Crippen molar-refractivity contribution in [2.24, 2.45) is 11.7 Å². The summed E-state index contributed by atoms with van der Waals surface area (Å²) in [5.74, 6) is 1.21. The lowest BCUT2D eigenvalue weighted by atomic mass is 9.94. The molecule has 2 fully saturated rings. The molecule has 9 nitrogen and oxygen atoms in total. The highest BCUT2D eigenvalue weighted by Gasteiger charge is 2.27. The van der Waals surface area contributed by atoms with Gasteiger partial charge < -0.3 is 20.4 Å². The monoisotopic (exact) mass is 476 g/mol. The second-order valence-electron chi connectivity index (χ2n) is 9.90. The Hall–Kier alpha value is -3.20. The van der Waals surface area contributed by atoms with Crippen LogP contribution >= 0.6 is 0 Å². The number of piperidine rings is 2. The van der Waals surface area contributed by atoms with Crippen molar-refractivity contribution in [2.45, 2.75) is 38.6 Å². The molecular weight excluding hydrogens is 440 g/mol. The van der Waals surface area contributed by atoms with Crippen molar-refractivity contribution in [1.82, 2.24) is 24.6 Å². The first-order chi connectivity index (χ1) is 17.0. The molecule has 35 heavy (non-hydrogen) atoms. The second-order valence-corrected chi connectivity index (χ2v) is 9.90. The van der Waals surface area contributed by atoms with Crippen LogP contribution in [0.25, 0.3) is 11.0 Å². The van der Waals surface area contributed by atoms with Crippen LogP contribution in [0.3, 0.4) is 0 Å². The molecule has 5 heterocycles. The van der Waals surface area contributed by atoms with Crippen molar-refractivity contribution >= 4 is 28.4 Å². The molecule has 0 spiro atoms. The smallest absolute Gasteiger partial charge is 0.250 e. The van der Waals surface area contributed by atoms with Gasteiger partial charge in [-0.25, -0.2) is 14.6 Å². The maximum Gasteiger partial charge on any atom is 0.250 e. The predicted octanol–water partition coefficient (Wildman–Crippen LogP) is 2.93. The van der Waals surface area contributed by atoms with E-state index in [1.807, 2.05) is 18.5 Å². The molecule has 0 aromatic carbocycles. The highest BCUT2D eigenvalue weighted by molar-refractivity contribution is 5.92. The molecule has 0 atom stereocenters. The Morgan fingerprint density at radius 1 is 1.06 bits per heavy atom. The van der Waals surface area contributed by atoms with Crippen molar-refractivity contribution in [1.29, 1.82) is 0 Å². The molecule has 2 aliphatic heterocycles. The molecule has 3 aromatic rings. The van der Waals surface area contributed by atoms with Crippen LogP contribution in [0.15, 0.2) is 36.8 Å². The van der Waals surface area contributed by atoms with Crippen LogP contribution in [-0.2, 0) is 0 Å². The van der Waals surface area contributed by atoms with Crippen LogP contribution in [0.1, 0.15) is 49.0 Å². The number of nitrogens with two attached hydrogens (primary N) is 1. The van der Waals surface area contributed by atoms with Gasteiger partial charge in [-0.15, -0.1) is 0 Å². The summed E-state index contributed by atoms with van der Waals surface area (Å²) in [6, 6.07) is 6.16. The lowest BCUT2D eigenvalue weighted by Gasteiger charge is -2.38. The quantitative estimate of drug-likeness (QED) is 0.560. The minimum atomic E-state index is -0.433. The van der Waals surface area contributed by atoms with E-state index in [0.717, 1.165) is 69.0 Å². The van der Waals surface area contributed by atoms with Crippen LogP contribution in [-0.4, -0.2) is 76.9 Å². The second kappa shape index (κ2) is 10.2. The SMILES string of the molecule is CCN(C)c1ccnc2c1cnn2C1CCN(CC2CCN(c3ccc(C(N)=O)cn3)CC2)CC1. The van der Waals surface area contributed by atoms with Gasteiger partial charge in [0.1, 0.15) is 5.82 Å². The predicted molar refractivity (Wildman–Crippen MR) is 139 cm³/mol. The molecular formula is C26H36N8O. The lowest BCUT2D eigenvalue weighted by molar-refractivity contribution is 0.1000. The van der Waals surface area contributed by atoms with E-state index < -0.39 is 5.91 Å². The lowest BCUT2D eigenvalue weighted by Crippen LogP contribution is -2.42. The first-order valence-electron chi connectivity index (χ1n) is 12.8.